The third kappa shape index (κ3) is 5.75. The van der Waals surface area contributed by atoms with Crippen LogP contribution in [0.5, 0.6) is 5.75 Å². The Morgan fingerprint density at radius 1 is 1.07 bits per heavy atom. The van der Waals surface area contributed by atoms with Crippen molar-refractivity contribution in [2.45, 2.75) is 26.4 Å². The maximum Gasteiger partial charge on any atom is 0.119 e. The number of ether oxygens (including phenoxy) is 1. The second-order valence-corrected chi connectivity index (χ2v) is 8.47. The largest absolute Gasteiger partial charge is 0.497 e. The molecule has 0 radical (unpaired) electrons. The van der Waals surface area contributed by atoms with Crippen molar-refractivity contribution in [3.8, 4) is 17.0 Å². The average molecular weight is 425 g/mol. The van der Waals surface area contributed by atoms with Gasteiger partial charge >= 0.3 is 0 Å². The summed E-state index contributed by atoms with van der Waals surface area (Å²) >= 11 is 1.81. The molecule has 3 aromatic rings. The number of aliphatic hydroxyl groups is 1. The van der Waals surface area contributed by atoms with Gasteiger partial charge in [-0.3, -0.25) is 0 Å². The highest BCUT2D eigenvalue weighted by Gasteiger charge is 2.16. The van der Waals surface area contributed by atoms with Crippen LogP contribution < -0.4 is 4.74 Å². The predicted molar refractivity (Wildman–Crippen MR) is 128 cm³/mol. The molecule has 1 heterocycles. The van der Waals surface area contributed by atoms with E-state index in [9.17, 15) is 5.11 Å². The van der Waals surface area contributed by atoms with Crippen molar-refractivity contribution < 1.29 is 9.84 Å². The zero-order valence-electron chi connectivity index (χ0n) is 18.2. The van der Waals surface area contributed by atoms with Crippen LogP contribution in [0.2, 0.25) is 0 Å². The van der Waals surface area contributed by atoms with Crippen molar-refractivity contribution in [3.05, 3.63) is 60.2 Å². The fraction of sp³-hybridized carbons (Fsp3) is 0.400. The summed E-state index contributed by atoms with van der Waals surface area (Å²) in [5, 5.41) is 12.0. The number of methoxy groups -OCH3 is 1. The van der Waals surface area contributed by atoms with Gasteiger partial charge in [-0.1, -0.05) is 44.2 Å². The molecular weight excluding hydrogens is 392 g/mol. The predicted octanol–water partition coefficient (Wildman–Crippen LogP) is 5.41. The van der Waals surface area contributed by atoms with Crippen LogP contribution in [0.1, 0.15) is 31.9 Å². The number of aliphatic hydroxyl groups excluding tert-OH is 1. The highest BCUT2D eigenvalue weighted by atomic mass is 32.2. The van der Waals surface area contributed by atoms with Crippen molar-refractivity contribution >= 4 is 22.7 Å². The van der Waals surface area contributed by atoms with Gasteiger partial charge in [0, 0.05) is 16.7 Å². The minimum Gasteiger partial charge on any atom is -0.497 e. The molecule has 0 aliphatic rings. The quantitative estimate of drug-likeness (QED) is 0.417. The third-order valence-corrected chi connectivity index (χ3v) is 6.54. The molecule has 0 fully saturated rings. The van der Waals surface area contributed by atoms with Gasteiger partial charge in [0.15, 0.2) is 0 Å². The first-order chi connectivity index (χ1) is 14.7. The molecule has 4 nitrogen and oxygen atoms in total. The van der Waals surface area contributed by atoms with Crippen LogP contribution in [0.25, 0.3) is 22.2 Å². The van der Waals surface area contributed by atoms with Crippen LogP contribution in [0.3, 0.4) is 0 Å². The monoisotopic (exact) mass is 424 g/mol. The number of benzene rings is 2. The summed E-state index contributed by atoms with van der Waals surface area (Å²) in [7, 11) is 1.66. The maximum atomic E-state index is 11.1. The molecule has 0 amide bonds. The number of fused-ring (bicyclic) bond motifs is 1. The molecule has 30 heavy (non-hydrogen) atoms. The lowest BCUT2D eigenvalue weighted by molar-refractivity contribution is 0.205. The van der Waals surface area contributed by atoms with E-state index in [2.05, 4.69) is 30.9 Å². The summed E-state index contributed by atoms with van der Waals surface area (Å²) in [5.41, 5.74) is 3.72. The van der Waals surface area contributed by atoms with E-state index in [0.29, 0.717) is 5.75 Å². The second kappa shape index (κ2) is 11.3. The first kappa shape index (κ1) is 22.6. The van der Waals surface area contributed by atoms with Gasteiger partial charge in [-0.2, -0.15) is 11.8 Å². The average Bonchev–Trinajstić information content (AvgIpc) is 2.80. The topological polar surface area (TPSA) is 45.6 Å². The van der Waals surface area contributed by atoms with Crippen LogP contribution in [-0.4, -0.2) is 53.2 Å². The van der Waals surface area contributed by atoms with E-state index in [1.54, 1.807) is 7.11 Å². The van der Waals surface area contributed by atoms with E-state index < -0.39 is 6.10 Å². The minimum absolute atomic E-state index is 0.552. The van der Waals surface area contributed by atoms with Crippen molar-refractivity contribution in [3.63, 3.8) is 0 Å². The highest BCUT2D eigenvalue weighted by Crippen LogP contribution is 2.32. The SMILES string of the molecule is CCN(CC)CCCSCC(O)c1cc(-c2ccccc2)nc2ccc(OC)cc12. The summed E-state index contributed by atoms with van der Waals surface area (Å²) in [6.07, 6.45) is 0.586. The van der Waals surface area contributed by atoms with Crippen LogP contribution >= 0.6 is 11.8 Å². The van der Waals surface area contributed by atoms with Crippen molar-refractivity contribution in [1.82, 2.24) is 9.88 Å². The Balaban J connectivity index is 1.79. The smallest absolute Gasteiger partial charge is 0.119 e. The Labute approximate surface area is 184 Å². The van der Waals surface area contributed by atoms with Crippen molar-refractivity contribution in [2.24, 2.45) is 0 Å². The third-order valence-electron chi connectivity index (χ3n) is 5.41. The summed E-state index contributed by atoms with van der Waals surface area (Å²) in [6, 6.07) is 18.0. The number of thioether (sulfide) groups is 1. The number of pyridine rings is 1. The molecule has 0 aliphatic heterocycles. The van der Waals surface area contributed by atoms with Crippen LogP contribution in [-0.2, 0) is 0 Å². The normalized spacial score (nSPS) is 12.4. The fourth-order valence-corrected chi connectivity index (χ4v) is 4.51. The molecule has 1 aromatic heterocycles. The van der Waals surface area contributed by atoms with Gasteiger partial charge in [-0.25, -0.2) is 4.98 Å². The molecule has 0 bridgehead atoms. The summed E-state index contributed by atoms with van der Waals surface area (Å²) < 4.78 is 5.41. The molecule has 1 N–H and O–H groups in total. The van der Waals surface area contributed by atoms with Gasteiger partial charge in [0.25, 0.3) is 0 Å². The molecule has 2 aromatic carbocycles. The fourth-order valence-electron chi connectivity index (χ4n) is 3.61. The van der Waals surface area contributed by atoms with Crippen LogP contribution in [0.15, 0.2) is 54.6 Å². The van der Waals surface area contributed by atoms with Crippen molar-refractivity contribution in [1.29, 1.82) is 0 Å². The van der Waals surface area contributed by atoms with E-state index >= 15 is 0 Å². The van der Waals surface area contributed by atoms with E-state index in [1.165, 1.54) is 0 Å². The Morgan fingerprint density at radius 3 is 2.53 bits per heavy atom. The van der Waals surface area contributed by atoms with Gasteiger partial charge in [0.05, 0.1) is 24.4 Å². The summed E-state index contributed by atoms with van der Waals surface area (Å²) in [6.45, 7) is 7.71. The van der Waals surface area contributed by atoms with Gasteiger partial charge in [-0.05, 0) is 61.6 Å². The van der Waals surface area contributed by atoms with Crippen LogP contribution in [0, 0.1) is 0 Å². The molecule has 160 valence electrons. The molecule has 0 saturated heterocycles. The molecule has 0 aliphatic carbocycles. The molecular formula is C25H32N2O2S. The maximum absolute atomic E-state index is 11.1. The standard InChI is InChI=1S/C25H32N2O2S/c1-4-27(5-2)14-9-15-30-18-25(28)22-17-24(19-10-7-6-8-11-19)26-23-13-12-20(29-3)16-21(22)23/h6-8,10-13,16-17,25,28H,4-5,9,14-15,18H2,1-3H3. The first-order valence-corrected chi connectivity index (χ1v) is 11.8. The first-order valence-electron chi connectivity index (χ1n) is 10.7. The zero-order valence-corrected chi connectivity index (χ0v) is 19.0. The number of rotatable bonds is 11. The Kier molecular flexibility index (Phi) is 8.55. The highest BCUT2D eigenvalue weighted by molar-refractivity contribution is 7.99. The van der Waals surface area contributed by atoms with Crippen molar-refractivity contribution in [2.75, 3.05) is 38.2 Å². The zero-order chi connectivity index (χ0) is 21.3. The summed E-state index contributed by atoms with van der Waals surface area (Å²) in [5.74, 6) is 2.49. The minimum atomic E-state index is -0.552. The van der Waals surface area contributed by atoms with Gasteiger partial charge in [0.2, 0.25) is 0 Å². The van der Waals surface area contributed by atoms with Gasteiger partial charge < -0.3 is 14.7 Å². The van der Waals surface area contributed by atoms with E-state index in [1.807, 2.05) is 54.2 Å². The van der Waals surface area contributed by atoms with E-state index in [0.717, 1.165) is 65.3 Å². The molecule has 1 atom stereocenters. The molecule has 3 rings (SSSR count). The number of nitrogens with zero attached hydrogens (tertiary/aromatic N) is 2. The van der Waals surface area contributed by atoms with Gasteiger partial charge in [-0.15, -0.1) is 0 Å². The molecule has 0 saturated carbocycles. The Morgan fingerprint density at radius 2 is 1.83 bits per heavy atom. The second-order valence-electron chi connectivity index (χ2n) is 7.32. The Hall–Kier alpha value is -2.08. The number of aromatic nitrogens is 1. The Bertz CT molecular complexity index is 929. The molecule has 1 unspecified atom stereocenters. The number of hydrogen-bond acceptors (Lipinski definition) is 5. The lowest BCUT2D eigenvalue weighted by atomic mass is 10.0. The van der Waals surface area contributed by atoms with E-state index in [-0.39, 0.29) is 0 Å². The molecule has 5 heteroatoms. The summed E-state index contributed by atoms with van der Waals surface area (Å²) in [4.78, 5) is 7.27. The van der Waals surface area contributed by atoms with Gasteiger partial charge in [0.1, 0.15) is 5.75 Å². The van der Waals surface area contributed by atoms with E-state index in [4.69, 9.17) is 9.72 Å². The number of hydrogen-bond donors (Lipinski definition) is 1. The lowest BCUT2D eigenvalue weighted by Gasteiger charge is -2.18. The lowest BCUT2D eigenvalue weighted by Crippen LogP contribution is -2.24. The van der Waals surface area contributed by atoms with Crippen LogP contribution in [0.4, 0.5) is 0 Å². The molecule has 0 spiro atoms.